The van der Waals surface area contributed by atoms with Gasteiger partial charge in [0.2, 0.25) is 0 Å². The average Bonchev–Trinajstić information content (AvgIpc) is 3.09. The molecule has 1 fully saturated rings. The molecular weight excluding hydrogens is 582 g/mol. The van der Waals surface area contributed by atoms with Crippen LogP contribution in [0.2, 0.25) is 0 Å². The average molecular weight is 630 g/mol. The van der Waals surface area contributed by atoms with E-state index < -0.39 is 0 Å². The maximum Gasteiger partial charge on any atom is 0.169 e. The molecule has 0 aliphatic carbocycles. The molecule has 4 atom stereocenters. The van der Waals surface area contributed by atoms with Crippen molar-refractivity contribution in [3.8, 4) is 23.0 Å². The molecule has 3 aromatic rings. The minimum atomic E-state index is 0.142. The molecule has 1 saturated heterocycles. The van der Waals surface area contributed by atoms with Crippen molar-refractivity contribution < 1.29 is 18.9 Å². The summed E-state index contributed by atoms with van der Waals surface area (Å²) >= 11 is 6.14. The van der Waals surface area contributed by atoms with Crippen LogP contribution in [0, 0.1) is 11.8 Å². The molecule has 0 amide bonds. The summed E-state index contributed by atoms with van der Waals surface area (Å²) in [5.74, 6) is 4.33. The summed E-state index contributed by atoms with van der Waals surface area (Å²) in [4.78, 5) is 5.15. The van der Waals surface area contributed by atoms with E-state index >= 15 is 0 Å². The lowest BCUT2D eigenvalue weighted by atomic mass is 9.72. The summed E-state index contributed by atoms with van der Waals surface area (Å²) in [6.07, 6.45) is 5.25. The fourth-order valence-corrected chi connectivity index (χ4v) is 8.23. The molecule has 0 radical (unpaired) electrons. The number of ether oxygens (including phenoxy) is 4. The predicted molar refractivity (Wildman–Crippen MR) is 183 cm³/mol. The number of thiocarbonyl (C=S) groups is 1. The van der Waals surface area contributed by atoms with Crippen LogP contribution in [-0.4, -0.2) is 63.0 Å². The number of nitrogens with one attached hydrogen (secondary N) is 1. The normalized spacial score (nSPS) is 22.5. The maximum atomic E-state index is 6.14. The Hall–Kier alpha value is -3.49. The van der Waals surface area contributed by atoms with Gasteiger partial charge in [0.05, 0.1) is 34.5 Å². The van der Waals surface area contributed by atoms with E-state index in [1.54, 1.807) is 28.4 Å². The first-order valence-electron chi connectivity index (χ1n) is 16.3. The van der Waals surface area contributed by atoms with E-state index in [1.165, 1.54) is 27.8 Å². The minimum absolute atomic E-state index is 0.142. The third kappa shape index (κ3) is 6.32. The van der Waals surface area contributed by atoms with Crippen molar-refractivity contribution in [3.63, 3.8) is 0 Å². The SMILES string of the molecule is CC[C@H]1CN2CCc3cc(OC)c(OC)cc3[C@@H]2C[C@@H]1C[C@@H]1c2cc(OC)c(OC)cc2CCN1C(=S)NCc1ccccc1. The van der Waals surface area contributed by atoms with Gasteiger partial charge in [-0.1, -0.05) is 43.7 Å². The number of nitrogens with zero attached hydrogens (tertiary/aromatic N) is 2. The Kier molecular flexibility index (Phi) is 9.71. The van der Waals surface area contributed by atoms with Crippen molar-refractivity contribution in [2.24, 2.45) is 11.8 Å². The Labute approximate surface area is 273 Å². The van der Waals surface area contributed by atoms with Crippen LogP contribution in [0.5, 0.6) is 23.0 Å². The van der Waals surface area contributed by atoms with Crippen LogP contribution >= 0.6 is 12.2 Å². The Morgan fingerprint density at radius 3 is 2.04 bits per heavy atom. The lowest BCUT2D eigenvalue weighted by Gasteiger charge is -2.49. The second kappa shape index (κ2) is 13.9. The first-order valence-corrected chi connectivity index (χ1v) is 16.7. The summed E-state index contributed by atoms with van der Waals surface area (Å²) in [6.45, 7) is 6.13. The van der Waals surface area contributed by atoms with E-state index in [1.807, 2.05) is 6.07 Å². The maximum absolute atomic E-state index is 6.14. The third-order valence-electron chi connectivity index (χ3n) is 10.4. The van der Waals surface area contributed by atoms with Crippen molar-refractivity contribution in [1.29, 1.82) is 0 Å². The summed E-state index contributed by atoms with van der Waals surface area (Å²) in [6, 6.07) is 19.8. The summed E-state index contributed by atoms with van der Waals surface area (Å²) in [7, 11) is 6.89. The highest BCUT2D eigenvalue weighted by molar-refractivity contribution is 7.80. The van der Waals surface area contributed by atoms with Crippen molar-refractivity contribution in [2.75, 3.05) is 48.1 Å². The number of hydrogen-bond donors (Lipinski definition) is 1. The molecule has 1 N–H and O–H groups in total. The molecule has 3 aliphatic heterocycles. The standard InChI is InChI=1S/C37H47N3O4S/c1-6-25-23-39-14-12-26-18-33(41-2)35(43-4)20-29(26)31(39)16-28(25)17-32-30-21-36(44-5)34(42-3)19-27(30)13-15-40(32)37(45)38-22-24-10-8-7-9-11-24/h7-11,18-21,25,28,31-32H,6,12-17,22-23H2,1-5H3,(H,38,45)/t25-,28+,31-,32+/m0/s1. The Bertz CT molecular complexity index is 1500. The van der Waals surface area contributed by atoms with Crippen LogP contribution in [0.1, 0.15) is 66.1 Å². The number of rotatable bonds is 9. The molecule has 0 aromatic heterocycles. The van der Waals surface area contributed by atoms with Crippen LogP contribution in [0.4, 0.5) is 0 Å². The first kappa shape index (κ1) is 31.5. The third-order valence-corrected chi connectivity index (χ3v) is 10.8. The molecule has 8 heteroatoms. The van der Waals surface area contributed by atoms with Crippen LogP contribution in [-0.2, 0) is 19.4 Å². The molecule has 3 aromatic carbocycles. The molecule has 0 unspecified atom stereocenters. The Balaban J connectivity index is 1.32. The molecule has 0 spiro atoms. The second-order valence-electron chi connectivity index (χ2n) is 12.6. The number of methoxy groups -OCH3 is 4. The van der Waals surface area contributed by atoms with Gasteiger partial charge in [-0.25, -0.2) is 0 Å². The summed E-state index contributed by atoms with van der Waals surface area (Å²) < 4.78 is 22.9. The predicted octanol–water partition coefficient (Wildman–Crippen LogP) is 6.73. The summed E-state index contributed by atoms with van der Waals surface area (Å²) in [5.41, 5.74) is 6.63. The molecule has 45 heavy (non-hydrogen) atoms. The number of benzene rings is 3. The van der Waals surface area contributed by atoms with E-state index in [0.29, 0.717) is 24.4 Å². The van der Waals surface area contributed by atoms with Gasteiger partial charge in [0, 0.05) is 32.2 Å². The highest BCUT2D eigenvalue weighted by Crippen LogP contribution is 2.49. The van der Waals surface area contributed by atoms with E-state index in [-0.39, 0.29) is 6.04 Å². The zero-order chi connectivity index (χ0) is 31.5. The van der Waals surface area contributed by atoms with Gasteiger partial charge in [0.15, 0.2) is 28.1 Å². The molecule has 3 heterocycles. The van der Waals surface area contributed by atoms with Gasteiger partial charge in [-0.05, 0) is 102 Å². The topological polar surface area (TPSA) is 55.4 Å². The van der Waals surface area contributed by atoms with Gasteiger partial charge in [0.1, 0.15) is 0 Å². The molecule has 7 nitrogen and oxygen atoms in total. The quantitative estimate of drug-likeness (QED) is 0.262. The molecule has 0 bridgehead atoms. The van der Waals surface area contributed by atoms with Gasteiger partial charge in [-0.2, -0.15) is 0 Å². The lowest BCUT2D eigenvalue weighted by Crippen LogP contribution is -2.49. The van der Waals surface area contributed by atoms with E-state index in [0.717, 1.165) is 79.8 Å². The Morgan fingerprint density at radius 1 is 0.800 bits per heavy atom. The largest absolute Gasteiger partial charge is 0.493 e. The fourth-order valence-electron chi connectivity index (χ4n) is 7.94. The fraction of sp³-hybridized carbons (Fsp3) is 0.486. The van der Waals surface area contributed by atoms with E-state index in [9.17, 15) is 0 Å². The second-order valence-corrected chi connectivity index (χ2v) is 13.0. The summed E-state index contributed by atoms with van der Waals surface area (Å²) in [5, 5.41) is 4.41. The minimum Gasteiger partial charge on any atom is -0.493 e. The van der Waals surface area contributed by atoms with Crippen molar-refractivity contribution in [1.82, 2.24) is 15.1 Å². The molecular formula is C37H47N3O4S. The molecule has 3 aliphatic rings. The van der Waals surface area contributed by atoms with Gasteiger partial charge in [-0.3, -0.25) is 4.90 Å². The van der Waals surface area contributed by atoms with Crippen molar-refractivity contribution in [3.05, 3.63) is 82.4 Å². The highest BCUT2D eigenvalue weighted by atomic mass is 32.1. The zero-order valence-electron chi connectivity index (χ0n) is 27.3. The Morgan fingerprint density at radius 2 is 1.40 bits per heavy atom. The number of hydrogen-bond acceptors (Lipinski definition) is 6. The van der Waals surface area contributed by atoms with Crippen LogP contribution in [0.3, 0.4) is 0 Å². The molecule has 0 saturated carbocycles. The first-order chi connectivity index (χ1) is 22.0. The monoisotopic (exact) mass is 629 g/mol. The molecule has 240 valence electrons. The highest BCUT2D eigenvalue weighted by Gasteiger charge is 2.41. The van der Waals surface area contributed by atoms with Crippen LogP contribution in [0.15, 0.2) is 54.6 Å². The molecule has 6 rings (SSSR count). The van der Waals surface area contributed by atoms with Gasteiger partial charge < -0.3 is 29.2 Å². The van der Waals surface area contributed by atoms with Crippen molar-refractivity contribution >= 4 is 17.3 Å². The van der Waals surface area contributed by atoms with E-state index in [2.05, 4.69) is 70.6 Å². The van der Waals surface area contributed by atoms with Gasteiger partial charge in [-0.15, -0.1) is 0 Å². The number of fused-ring (bicyclic) bond motifs is 4. The van der Waals surface area contributed by atoms with Crippen LogP contribution < -0.4 is 24.3 Å². The zero-order valence-corrected chi connectivity index (χ0v) is 28.1. The van der Waals surface area contributed by atoms with Gasteiger partial charge in [0.25, 0.3) is 0 Å². The van der Waals surface area contributed by atoms with Crippen molar-refractivity contribution in [2.45, 2.75) is 57.7 Å². The lowest BCUT2D eigenvalue weighted by molar-refractivity contribution is 0.0376. The number of piperidine rings is 1. The smallest absolute Gasteiger partial charge is 0.169 e. The van der Waals surface area contributed by atoms with Gasteiger partial charge >= 0.3 is 0 Å². The van der Waals surface area contributed by atoms with Crippen LogP contribution in [0.25, 0.3) is 0 Å². The van der Waals surface area contributed by atoms with E-state index in [4.69, 9.17) is 31.2 Å².